The number of esters is 1. The van der Waals surface area contributed by atoms with Gasteiger partial charge in [0.05, 0.1) is 23.7 Å². The maximum atomic E-state index is 12.5. The number of fused-ring (bicyclic) bond motifs is 1. The highest BCUT2D eigenvalue weighted by molar-refractivity contribution is 7.87. The first-order valence-corrected chi connectivity index (χ1v) is 7.64. The van der Waals surface area contributed by atoms with Crippen molar-refractivity contribution in [1.29, 1.82) is 0 Å². The van der Waals surface area contributed by atoms with Crippen LogP contribution in [-0.2, 0) is 14.9 Å². The molecule has 0 aliphatic carbocycles. The van der Waals surface area contributed by atoms with Crippen molar-refractivity contribution in [3.05, 3.63) is 17.7 Å². The molecule has 3 N–H and O–H groups in total. The van der Waals surface area contributed by atoms with Crippen LogP contribution in [-0.4, -0.2) is 55.9 Å². The Balaban J connectivity index is 2.88. The van der Waals surface area contributed by atoms with Crippen LogP contribution in [0.5, 0.6) is 0 Å². The van der Waals surface area contributed by atoms with Crippen molar-refractivity contribution in [2.75, 3.05) is 39.3 Å². The van der Waals surface area contributed by atoms with E-state index in [0.29, 0.717) is 5.52 Å². The van der Waals surface area contributed by atoms with E-state index in [1.807, 2.05) is 0 Å². The Hall–Kier alpha value is -2.33. The number of aromatic nitrogens is 2. The van der Waals surface area contributed by atoms with Crippen molar-refractivity contribution in [1.82, 2.24) is 13.3 Å². The summed E-state index contributed by atoms with van der Waals surface area (Å²) in [7, 11) is 1.74. The molecule has 0 saturated carbocycles. The van der Waals surface area contributed by atoms with Gasteiger partial charge >= 0.3 is 16.2 Å². The molecule has 0 amide bonds. The number of hydrogen-bond donors (Lipinski definition) is 2. The number of carbonyl (C=O) groups is 1. The van der Waals surface area contributed by atoms with E-state index in [1.165, 1.54) is 33.3 Å². The molecule has 120 valence electrons. The monoisotopic (exact) mass is 327 g/mol. The van der Waals surface area contributed by atoms with Gasteiger partial charge in [0.15, 0.2) is 0 Å². The fraction of sp³-hybridized carbons (Fsp3) is 0.333. The number of anilines is 2. The van der Waals surface area contributed by atoms with Gasteiger partial charge in [-0.05, 0) is 12.1 Å². The van der Waals surface area contributed by atoms with Gasteiger partial charge in [0.2, 0.25) is 5.95 Å². The van der Waals surface area contributed by atoms with Crippen molar-refractivity contribution in [2.24, 2.45) is 0 Å². The van der Waals surface area contributed by atoms with Crippen LogP contribution < -0.4 is 11.1 Å². The highest BCUT2D eigenvalue weighted by atomic mass is 32.2. The zero-order chi connectivity index (χ0) is 16.7. The van der Waals surface area contributed by atoms with Crippen molar-refractivity contribution in [3.8, 4) is 0 Å². The van der Waals surface area contributed by atoms with E-state index in [2.05, 4.69) is 15.0 Å². The Labute approximate surface area is 127 Å². The quantitative estimate of drug-likeness (QED) is 0.603. The van der Waals surface area contributed by atoms with E-state index in [9.17, 15) is 13.2 Å². The number of nitrogens with zero attached hydrogens (tertiary/aromatic N) is 3. The molecule has 1 aromatic heterocycles. The summed E-state index contributed by atoms with van der Waals surface area (Å²) >= 11 is 0. The maximum Gasteiger partial charge on any atom is 0.340 e. The normalized spacial score (nSPS) is 11.9. The van der Waals surface area contributed by atoms with Crippen molar-refractivity contribution < 1.29 is 17.9 Å². The Morgan fingerprint density at radius 2 is 2.05 bits per heavy atom. The fourth-order valence-corrected chi connectivity index (χ4v) is 3.03. The van der Waals surface area contributed by atoms with Gasteiger partial charge in [-0.1, -0.05) is 0 Å². The summed E-state index contributed by atoms with van der Waals surface area (Å²) in [6, 6.07) is 2.79. The van der Waals surface area contributed by atoms with Crippen LogP contribution in [0.4, 0.5) is 11.6 Å². The van der Waals surface area contributed by atoms with Crippen molar-refractivity contribution in [2.45, 2.75) is 0 Å². The average molecular weight is 327 g/mol. The molecule has 2 aromatic rings. The lowest BCUT2D eigenvalue weighted by molar-refractivity contribution is 0.0602. The third-order valence-corrected chi connectivity index (χ3v) is 4.86. The predicted octanol–water partition coefficient (Wildman–Crippen LogP) is 0.101. The standard InChI is InChI=1S/C12H17N5O4S/c1-14-12-15-9-6-8(13)7(11(18)21-4)5-10(9)17(12)22(19,20)16(2)3/h5-6H,13H2,1-4H3,(H,14,15). The van der Waals surface area contributed by atoms with Gasteiger partial charge in [-0.15, -0.1) is 0 Å². The molecule has 0 aliphatic rings. The predicted molar refractivity (Wildman–Crippen MR) is 83.0 cm³/mol. The summed E-state index contributed by atoms with van der Waals surface area (Å²) < 4.78 is 31.7. The molecule has 10 heteroatoms. The molecular formula is C12H17N5O4S. The van der Waals surface area contributed by atoms with Crippen LogP contribution in [0.2, 0.25) is 0 Å². The van der Waals surface area contributed by atoms with Gasteiger partial charge in [-0.25, -0.2) is 9.78 Å². The molecule has 1 heterocycles. The number of hydrogen-bond acceptors (Lipinski definition) is 7. The Bertz CT molecular complexity index is 841. The minimum atomic E-state index is -3.83. The Morgan fingerprint density at radius 1 is 1.41 bits per heavy atom. The second-order valence-corrected chi connectivity index (χ2v) is 6.65. The van der Waals surface area contributed by atoms with Crippen LogP contribution in [0, 0.1) is 0 Å². The molecule has 22 heavy (non-hydrogen) atoms. The number of benzene rings is 1. The molecule has 0 aliphatic heterocycles. The molecular weight excluding hydrogens is 310 g/mol. The summed E-state index contributed by atoms with van der Waals surface area (Å²) in [6.45, 7) is 0. The van der Waals surface area contributed by atoms with Crippen molar-refractivity contribution in [3.63, 3.8) is 0 Å². The first-order valence-electron chi connectivity index (χ1n) is 6.25. The molecule has 0 atom stereocenters. The number of nitrogen functional groups attached to an aromatic ring is 1. The fourth-order valence-electron chi connectivity index (χ4n) is 1.96. The van der Waals surface area contributed by atoms with E-state index in [-0.39, 0.29) is 22.7 Å². The number of ether oxygens (including phenoxy) is 1. The Morgan fingerprint density at radius 3 is 2.55 bits per heavy atom. The zero-order valence-electron chi connectivity index (χ0n) is 12.6. The van der Waals surface area contributed by atoms with E-state index in [1.54, 1.807) is 7.05 Å². The minimum absolute atomic E-state index is 0.0766. The third kappa shape index (κ3) is 2.35. The summed E-state index contributed by atoms with van der Waals surface area (Å²) in [5, 5.41) is 2.72. The van der Waals surface area contributed by atoms with Gasteiger partial charge in [0.1, 0.15) is 0 Å². The lowest BCUT2D eigenvalue weighted by Gasteiger charge is -2.15. The number of nitrogens with two attached hydrogens (primary N) is 1. The largest absolute Gasteiger partial charge is 0.465 e. The van der Waals surface area contributed by atoms with Crippen LogP contribution >= 0.6 is 0 Å². The molecule has 9 nitrogen and oxygen atoms in total. The van der Waals surface area contributed by atoms with Crippen LogP contribution in [0.25, 0.3) is 11.0 Å². The molecule has 0 unspecified atom stereocenters. The smallest absolute Gasteiger partial charge is 0.340 e. The van der Waals surface area contributed by atoms with Gasteiger partial charge in [0.25, 0.3) is 0 Å². The molecule has 0 radical (unpaired) electrons. The highest BCUT2D eigenvalue weighted by Gasteiger charge is 2.25. The summed E-state index contributed by atoms with van der Waals surface area (Å²) in [6.07, 6.45) is 0. The number of nitrogens with one attached hydrogen (secondary N) is 1. The number of rotatable bonds is 4. The molecule has 0 saturated heterocycles. The minimum Gasteiger partial charge on any atom is -0.465 e. The van der Waals surface area contributed by atoms with E-state index >= 15 is 0 Å². The van der Waals surface area contributed by atoms with Crippen LogP contribution in [0.1, 0.15) is 10.4 Å². The van der Waals surface area contributed by atoms with E-state index in [0.717, 1.165) is 8.28 Å². The number of imidazole rings is 1. The summed E-state index contributed by atoms with van der Waals surface area (Å²) in [4.78, 5) is 15.9. The first-order chi connectivity index (χ1) is 10.2. The number of methoxy groups -OCH3 is 1. The summed E-state index contributed by atoms with van der Waals surface area (Å²) in [5.41, 5.74) is 6.62. The molecule has 0 fully saturated rings. The molecule has 2 rings (SSSR count). The zero-order valence-corrected chi connectivity index (χ0v) is 13.4. The number of carbonyl (C=O) groups excluding carboxylic acids is 1. The van der Waals surface area contributed by atoms with Gasteiger partial charge in [-0.3, -0.25) is 0 Å². The van der Waals surface area contributed by atoms with Crippen LogP contribution in [0.3, 0.4) is 0 Å². The average Bonchev–Trinajstić information content (AvgIpc) is 2.83. The van der Waals surface area contributed by atoms with Gasteiger partial charge < -0.3 is 15.8 Å². The second kappa shape index (κ2) is 5.46. The van der Waals surface area contributed by atoms with E-state index in [4.69, 9.17) is 5.73 Å². The van der Waals surface area contributed by atoms with E-state index < -0.39 is 16.2 Å². The van der Waals surface area contributed by atoms with Crippen LogP contribution in [0.15, 0.2) is 12.1 Å². The highest BCUT2D eigenvalue weighted by Crippen LogP contribution is 2.27. The molecule has 1 aromatic carbocycles. The molecule has 0 bridgehead atoms. The molecule has 0 spiro atoms. The van der Waals surface area contributed by atoms with Gasteiger partial charge in [-0.2, -0.15) is 16.7 Å². The Kier molecular flexibility index (Phi) is 3.98. The summed E-state index contributed by atoms with van der Waals surface area (Å²) in [5.74, 6) is -0.537. The third-order valence-electron chi connectivity index (χ3n) is 3.11. The topological polar surface area (TPSA) is 120 Å². The maximum absolute atomic E-state index is 12.5. The second-order valence-electron chi connectivity index (χ2n) is 4.66. The first kappa shape index (κ1) is 16.0. The van der Waals surface area contributed by atoms with Gasteiger partial charge in [0, 0.05) is 26.8 Å². The lowest BCUT2D eigenvalue weighted by atomic mass is 10.1. The SMILES string of the molecule is CNc1nc2cc(N)c(C(=O)OC)cc2n1S(=O)(=O)N(C)C. The van der Waals surface area contributed by atoms with Crippen molar-refractivity contribution >= 4 is 38.8 Å². The lowest BCUT2D eigenvalue weighted by Crippen LogP contribution is -2.29.